The van der Waals surface area contributed by atoms with Gasteiger partial charge < -0.3 is 5.32 Å². The number of rotatable bonds is 8. The summed E-state index contributed by atoms with van der Waals surface area (Å²) in [6, 6.07) is 22.6. The van der Waals surface area contributed by atoms with Gasteiger partial charge in [-0.3, -0.25) is 9.80 Å². The maximum atomic E-state index is 13.6. The Morgan fingerprint density at radius 1 is 0.946 bits per heavy atom. The Morgan fingerprint density at radius 2 is 1.65 bits per heavy atom. The lowest BCUT2D eigenvalue weighted by atomic mass is 9.84. The molecule has 0 atom stereocenters. The normalized spacial score (nSPS) is 15.5. The molecular formula is C30H30ClFN4O. The summed E-state index contributed by atoms with van der Waals surface area (Å²) in [6.45, 7) is 1.34. The molecule has 190 valence electrons. The van der Waals surface area contributed by atoms with Gasteiger partial charge in [-0.05, 0) is 79.3 Å². The van der Waals surface area contributed by atoms with Gasteiger partial charge in [0.15, 0.2) is 0 Å². The Labute approximate surface area is 222 Å². The molecule has 37 heavy (non-hydrogen) atoms. The second-order valence-electron chi connectivity index (χ2n) is 9.86. The van der Waals surface area contributed by atoms with Crippen LogP contribution in [0.3, 0.4) is 0 Å². The zero-order chi connectivity index (χ0) is 25.8. The van der Waals surface area contributed by atoms with Gasteiger partial charge in [-0.2, -0.15) is 5.26 Å². The van der Waals surface area contributed by atoms with Crippen LogP contribution in [0, 0.1) is 17.1 Å². The summed E-state index contributed by atoms with van der Waals surface area (Å²) in [5.74, 6) is -0.524. The molecule has 2 fully saturated rings. The first kappa shape index (κ1) is 25.3. The molecule has 3 aromatic rings. The van der Waals surface area contributed by atoms with Crippen LogP contribution >= 0.6 is 11.6 Å². The van der Waals surface area contributed by atoms with Gasteiger partial charge >= 0.3 is 6.03 Å². The van der Waals surface area contributed by atoms with E-state index in [-0.39, 0.29) is 11.1 Å². The van der Waals surface area contributed by atoms with E-state index < -0.39 is 5.82 Å². The fraction of sp³-hybridized carbons (Fsp3) is 0.333. The van der Waals surface area contributed by atoms with Crippen molar-refractivity contribution in [2.45, 2.75) is 50.6 Å². The fourth-order valence-corrected chi connectivity index (χ4v) is 5.21. The van der Waals surface area contributed by atoms with Crippen molar-refractivity contribution < 1.29 is 9.18 Å². The lowest BCUT2D eigenvalue weighted by Crippen LogP contribution is -2.52. The highest BCUT2D eigenvalue weighted by atomic mass is 35.5. The molecule has 3 aromatic carbocycles. The molecule has 7 heteroatoms. The largest absolute Gasteiger partial charge is 0.326 e. The first-order chi connectivity index (χ1) is 18.0. The average molecular weight is 517 g/mol. The Kier molecular flexibility index (Phi) is 7.73. The SMILES string of the molecule is N#Cc1cccc(-c2ccc(N(CCN(C3CCC3)C3CCC3)C(=O)Nc3ccc(F)c(Cl)c3)cc2)c1. The number of hydrogen-bond acceptors (Lipinski definition) is 3. The topological polar surface area (TPSA) is 59.4 Å². The van der Waals surface area contributed by atoms with Gasteiger partial charge in [0.25, 0.3) is 0 Å². The first-order valence-electron chi connectivity index (χ1n) is 12.9. The Bertz CT molecular complexity index is 1280. The number of urea groups is 1. The lowest BCUT2D eigenvalue weighted by Gasteiger charge is -2.46. The second-order valence-corrected chi connectivity index (χ2v) is 10.3. The van der Waals surface area contributed by atoms with E-state index in [0.29, 0.717) is 29.9 Å². The minimum Gasteiger partial charge on any atom is -0.307 e. The predicted octanol–water partition coefficient (Wildman–Crippen LogP) is 7.46. The van der Waals surface area contributed by atoms with Crippen LogP contribution in [0.1, 0.15) is 44.1 Å². The molecule has 0 aliphatic heterocycles. The molecule has 0 aromatic heterocycles. The molecule has 0 saturated heterocycles. The summed E-state index contributed by atoms with van der Waals surface area (Å²) in [6.07, 6.45) is 7.47. The van der Waals surface area contributed by atoms with Crippen LogP contribution in [0.15, 0.2) is 66.7 Å². The third kappa shape index (κ3) is 5.79. The van der Waals surface area contributed by atoms with Gasteiger partial charge in [0.05, 0.1) is 16.7 Å². The molecule has 5 nitrogen and oxygen atoms in total. The van der Waals surface area contributed by atoms with Crippen LogP contribution in [0.5, 0.6) is 0 Å². The standard InChI is InChI=1S/C30H30ClFN4O/c31-28-19-24(12-15-29(28)32)34-30(37)36(17-16-35(25-6-2-7-25)26-8-3-9-26)27-13-10-22(11-14-27)23-5-1-4-21(18-23)20-33/h1,4-5,10-15,18-19,25-26H,2-3,6-9,16-17H2,(H,34,37). The van der Waals surface area contributed by atoms with E-state index in [0.717, 1.165) is 23.4 Å². The fourth-order valence-electron chi connectivity index (χ4n) is 5.03. The number of carbonyl (C=O) groups is 1. The van der Waals surface area contributed by atoms with Gasteiger partial charge in [-0.25, -0.2) is 9.18 Å². The van der Waals surface area contributed by atoms with Gasteiger partial charge in [-0.1, -0.05) is 48.7 Å². The highest BCUT2D eigenvalue weighted by molar-refractivity contribution is 6.31. The average Bonchev–Trinajstić information content (AvgIpc) is 2.84. The van der Waals surface area contributed by atoms with Crippen LogP contribution in [-0.4, -0.2) is 36.1 Å². The summed E-state index contributed by atoms with van der Waals surface area (Å²) in [7, 11) is 0. The van der Waals surface area contributed by atoms with E-state index in [1.807, 2.05) is 42.5 Å². The number of carbonyl (C=O) groups excluding carboxylic acids is 1. The van der Waals surface area contributed by atoms with Gasteiger partial charge in [0, 0.05) is 36.5 Å². The quantitative estimate of drug-likeness (QED) is 0.338. The summed E-state index contributed by atoms with van der Waals surface area (Å²) in [4.78, 5) is 17.8. The molecule has 2 amide bonds. The molecule has 2 aliphatic rings. The monoisotopic (exact) mass is 516 g/mol. The van der Waals surface area contributed by atoms with Crippen molar-refractivity contribution in [3.63, 3.8) is 0 Å². The van der Waals surface area contributed by atoms with E-state index in [9.17, 15) is 14.4 Å². The summed E-state index contributed by atoms with van der Waals surface area (Å²) >= 11 is 5.94. The molecule has 0 heterocycles. The molecule has 2 aliphatic carbocycles. The Hall–Kier alpha value is -3.40. The van der Waals surface area contributed by atoms with Crippen LogP contribution in [-0.2, 0) is 0 Å². The Balaban J connectivity index is 1.38. The van der Waals surface area contributed by atoms with E-state index >= 15 is 0 Å². The van der Waals surface area contributed by atoms with Crippen LogP contribution in [0.2, 0.25) is 5.02 Å². The second kappa shape index (κ2) is 11.3. The number of nitrogens with zero attached hydrogens (tertiary/aromatic N) is 3. The Morgan fingerprint density at radius 3 is 2.24 bits per heavy atom. The number of halogens is 2. The number of hydrogen-bond donors (Lipinski definition) is 1. The third-order valence-corrected chi connectivity index (χ3v) is 7.88. The van der Waals surface area contributed by atoms with Crippen LogP contribution in [0.4, 0.5) is 20.6 Å². The molecular weight excluding hydrogens is 487 g/mol. The molecule has 5 rings (SSSR count). The summed E-state index contributed by atoms with van der Waals surface area (Å²) < 4.78 is 13.6. The van der Waals surface area contributed by atoms with Crippen molar-refractivity contribution in [3.05, 3.63) is 83.1 Å². The van der Waals surface area contributed by atoms with E-state index in [1.54, 1.807) is 11.0 Å². The first-order valence-corrected chi connectivity index (χ1v) is 13.3. The minimum absolute atomic E-state index is 0.0329. The number of nitrogens with one attached hydrogen (secondary N) is 1. The van der Waals surface area contributed by atoms with Gasteiger partial charge in [-0.15, -0.1) is 0 Å². The number of nitriles is 1. The van der Waals surface area contributed by atoms with Crippen molar-refractivity contribution in [3.8, 4) is 17.2 Å². The van der Waals surface area contributed by atoms with Gasteiger partial charge in [0.2, 0.25) is 0 Å². The van der Waals surface area contributed by atoms with Crippen molar-refractivity contribution in [1.29, 1.82) is 5.26 Å². The number of anilines is 2. The van der Waals surface area contributed by atoms with E-state index in [1.165, 1.54) is 56.7 Å². The predicted molar refractivity (Wildman–Crippen MR) is 146 cm³/mol. The maximum Gasteiger partial charge on any atom is 0.326 e. The molecule has 0 radical (unpaired) electrons. The third-order valence-electron chi connectivity index (χ3n) is 7.59. The van der Waals surface area contributed by atoms with Gasteiger partial charge in [0.1, 0.15) is 5.82 Å². The smallest absolute Gasteiger partial charge is 0.307 e. The zero-order valence-electron chi connectivity index (χ0n) is 20.7. The molecule has 0 unspecified atom stereocenters. The van der Waals surface area contributed by atoms with Crippen LogP contribution < -0.4 is 10.2 Å². The molecule has 1 N–H and O–H groups in total. The van der Waals surface area contributed by atoms with Crippen molar-refractivity contribution in [1.82, 2.24) is 4.90 Å². The summed E-state index contributed by atoms with van der Waals surface area (Å²) in [5.41, 5.74) is 3.74. The molecule has 2 saturated carbocycles. The van der Waals surface area contributed by atoms with Crippen LogP contribution in [0.25, 0.3) is 11.1 Å². The zero-order valence-corrected chi connectivity index (χ0v) is 21.4. The molecule has 0 bridgehead atoms. The van der Waals surface area contributed by atoms with Crippen molar-refractivity contribution in [2.75, 3.05) is 23.3 Å². The minimum atomic E-state index is -0.524. The van der Waals surface area contributed by atoms with Crippen molar-refractivity contribution in [2.24, 2.45) is 0 Å². The summed E-state index contributed by atoms with van der Waals surface area (Å²) in [5, 5.41) is 12.1. The molecule has 0 spiro atoms. The van der Waals surface area contributed by atoms with Crippen molar-refractivity contribution >= 4 is 29.0 Å². The number of benzene rings is 3. The van der Waals surface area contributed by atoms with E-state index in [2.05, 4.69) is 16.3 Å². The number of amides is 2. The highest BCUT2D eigenvalue weighted by Crippen LogP contribution is 2.34. The maximum absolute atomic E-state index is 13.6. The highest BCUT2D eigenvalue weighted by Gasteiger charge is 2.34. The van der Waals surface area contributed by atoms with E-state index in [4.69, 9.17) is 11.6 Å². The lowest BCUT2D eigenvalue weighted by molar-refractivity contribution is 0.0435.